The number of carbonyl (C=O) groups is 1. The smallest absolute Gasteiger partial charge is 0.159 e. The Kier molecular flexibility index (Phi) is 3.87. The predicted molar refractivity (Wildman–Crippen MR) is 84.2 cm³/mol. The van der Waals surface area contributed by atoms with Gasteiger partial charge in [0.15, 0.2) is 5.78 Å². The van der Waals surface area contributed by atoms with E-state index in [1.807, 2.05) is 30.3 Å². The number of aryl methyl sites for hydroxylation is 2. The number of benzene rings is 2. The van der Waals surface area contributed by atoms with Gasteiger partial charge in [-0.25, -0.2) is 0 Å². The van der Waals surface area contributed by atoms with Crippen LogP contribution in [-0.2, 0) is 11.2 Å². The molecule has 0 atom stereocenters. The number of fused-ring (bicyclic) bond motifs is 1. The summed E-state index contributed by atoms with van der Waals surface area (Å²) in [5.41, 5.74) is 3.45. The van der Waals surface area contributed by atoms with Crippen LogP contribution >= 0.6 is 0 Å². The lowest BCUT2D eigenvalue weighted by molar-refractivity contribution is -0.114. The summed E-state index contributed by atoms with van der Waals surface area (Å²) in [7, 11) is 0. The first-order chi connectivity index (χ1) is 10.2. The largest absolute Gasteiger partial charge is 0.457 e. The van der Waals surface area contributed by atoms with Crippen LogP contribution in [0.15, 0.2) is 54.6 Å². The predicted octanol–water partition coefficient (Wildman–Crippen LogP) is 4.32. The molecule has 0 amide bonds. The molecule has 0 aliphatic heterocycles. The Morgan fingerprint density at radius 1 is 1.00 bits per heavy atom. The third-order valence-electron chi connectivity index (χ3n) is 3.66. The number of rotatable bonds is 2. The molecule has 2 nitrogen and oxygen atoms in total. The van der Waals surface area contributed by atoms with Crippen molar-refractivity contribution in [3.8, 4) is 5.75 Å². The second kappa shape index (κ2) is 5.96. The number of hydrogen-bond donors (Lipinski definition) is 0. The summed E-state index contributed by atoms with van der Waals surface area (Å²) in [6, 6.07) is 16.0. The molecule has 0 saturated heterocycles. The Morgan fingerprint density at radius 2 is 1.81 bits per heavy atom. The van der Waals surface area contributed by atoms with Gasteiger partial charge in [0.1, 0.15) is 11.5 Å². The van der Waals surface area contributed by atoms with Gasteiger partial charge in [0.2, 0.25) is 0 Å². The van der Waals surface area contributed by atoms with Crippen molar-refractivity contribution in [1.29, 1.82) is 0 Å². The zero-order valence-electron chi connectivity index (χ0n) is 12.1. The monoisotopic (exact) mass is 278 g/mol. The molecule has 0 aromatic heterocycles. The van der Waals surface area contributed by atoms with Crippen molar-refractivity contribution in [2.45, 2.75) is 26.2 Å². The van der Waals surface area contributed by atoms with Gasteiger partial charge in [0.05, 0.1) is 0 Å². The molecule has 0 N–H and O–H groups in total. The Hall–Kier alpha value is -2.35. The summed E-state index contributed by atoms with van der Waals surface area (Å²) in [5, 5.41) is 0. The fourth-order valence-electron chi connectivity index (χ4n) is 2.59. The van der Waals surface area contributed by atoms with Crippen LogP contribution in [0.5, 0.6) is 5.75 Å². The molecule has 0 heterocycles. The van der Waals surface area contributed by atoms with Gasteiger partial charge in [0.25, 0.3) is 0 Å². The first kappa shape index (κ1) is 13.6. The average molecular weight is 278 g/mol. The van der Waals surface area contributed by atoms with E-state index in [0.29, 0.717) is 12.2 Å². The van der Waals surface area contributed by atoms with Crippen LogP contribution in [0.3, 0.4) is 0 Å². The lowest BCUT2D eigenvalue weighted by Gasteiger charge is -2.17. The fraction of sp³-hybridized carbons (Fsp3) is 0.211. The number of ether oxygens (including phenoxy) is 1. The summed E-state index contributed by atoms with van der Waals surface area (Å²) in [6.45, 7) is 2.06. The van der Waals surface area contributed by atoms with Crippen LogP contribution in [0.1, 0.15) is 29.5 Å². The zero-order valence-corrected chi connectivity index (χ0v) is 12.1. The summed E-state index contributed by atoms with van der Waals surface area (Å²) in [6.07, 6.45) is 4.03. The molecule has 2 aromatic carbocycles. The highest BCUT2D eigenvalue weighted by atomic mass is 16.5. The molecule has 21 heavy (non-hydrogen) atoms. The van der Waals surface area contributed by atoms with Crippen molar-refractivity contribution >= 4 is 11.5 Å². The molecular weight excluding hydrogens is 260 g/mol. The fourth-order valence-corrected chi connectivity index (χ4v) is 2.59. The molecule has 0 fully saturated rings. The van der Waals surface area contributed by atoms with Crippen molar-refractivity contribution in [3.63, 3.8) is 0 Å². The molecule has 1 aliphatic rings. The van der Waals surface area contributed by atoms with Crippen molar-refractivity contribution in [2.75, 3.05) is 0 Å². The molecule has 0 spiro atoms. The minimum atomic E-state index is 0.132. The van der Waals surface area contributed by atoms with Gasteiger partial charge in [-0.3, -0.25) is 4.79 Å². The summed E-state index contributed by atoms with van der Waals surface area (Å²) >= 11 is 0. The molecular formula is C19H18O2. The van der Waals surface area contributed by atoms with E-state index in [4.69, 9.17) is 4.74 Å². The Bertz CT molecular complexity index is 684. The lowest BCUT2D eigenvalue weighted by atomic mass is 9.94. The van der Waals surface area contributed by atoms with E-state index >= 15 is 0 Å². The highest BCUT2D eigenvalue weighted by Gasteiger charge is 2.16. The second-order valence-corrected chi connectivity index (χ2v) is 5.40. The van der Waals surface area contributed by atoms with Gasteiger partial charge in [-0.2, -0.15) is 0 Å². The third kappa shape index (κ3) is 3.22. The number of hydrogen-bond acceptors (Lipinski definition) is 2. The maximum Gasteiger partial charge on any atom is 0.159 e. The Labute approximate surface area is 125 Å². The maximum absolute atomic E-state index is 12.0. The maximum atomic E-state index is 12.0. The molecule has 0 bridgehead atoms. The molecule has 0 unspecified atom stereocenters. The molecule has 1 aliphatic carbocycles. The van der Waals surface area contributed by atoms with Gasteiger partial charge < -0.3 is 4.74 Å². The van der Waals surface area contributed by atoms with Crippen LogP contribution in [-0.4, -0.2) is 5.78 Å². The SMILES string of the molecule is Cc1ccc2c(c1)C(Oc1ccccc1)=CC(=O)CCC2. The number of carbonyl (C=O) groups excluding carboxylic acids is 1. The third-order valence-corrected chi connectivity index (χ3v) is 3.66. The molecule has 3 rings (SSSR count). The standard InChI is InChI=1S/C19H18O2/c1-14-10-11-15-6-5-7-16(20)13-19(18(15)12-14)21-17-8-3-2-4-9-17/h2-4,8-13H,5-7H2,1H3. The van der Waals surface area contributed by atoms with E-state index in [9.17, 15) is 4.79 Å². The van der Waals surface area contributed by atoms with Crippen molar-refractivity contribution in [1.82, 2.24) is 0 Å². The number of para-hydroxylation sites is 1. The van der Waals surface area contributed by atoms with Crippen LogP contribution in [0.25, 0.3) is 5.76 Å². The van der Waals surface area contributed by atoms with Crippen LogP contribution < -0.4 is 4.74 Å². The summed E-state index contributed by atoms with van der Waals surface area (Å²) in [5.74, 6) is 1.54. The first-order valence-electron chi connectivity index (χ1n) is 7.30. The summed E-state index contributed by atoms with van der Waals surface area (Å²) < 4.78 is 5.98. The van der Waals surface area contributed by atoms with Gasteiger partial charge in [-0.15, -0.1) is 0 Å². The Balaban J connectivity index is 2.04. The van der Waals surface area contributed by atoms with E-state index in [1.165, 1.54) is 11.1 Å². The van der Waals surface area contributed by atoms with Crippen LogP contribution in [0.2, 0.25) is 0 Å². The summed E-state index contributed by atoms with van der Waals surface area (Å²) in [4.78, 5) is 12.0. The van der Waals surface area contributed by atoms with Gasteiger partial charge in [-0.05, 0) is 43.5 Å². The Morgan fingerprint density at radius 3 is 2.62 bits per heavy atom. The van der Waals surface area contributed by atoms with Crippen molar-refractivity contribution < 1.29 is 9.53 Å². The normalized spacial score (nSPS) is 14.7. The number of ketones is 1. The number of allylic oxidation sites excluding steroid dienone is 1. The first-order valence-corrected chi connectivity index (χ1v) is 7.30. The van der Waals surface area contributed by atoms with E-state index in [1.54, 1.807) is 6.08 Å². The lowest BCUT2D eigenvalue weighted by Crippen LogP contribution is -2.07. The van der Waals surface area contributed by atoms with E-state index in [-0.39, 0.29) is 5.78 Å². The van der Waals surface area contributed by atoms with Crippen molar-refractivity contribution in [3.05, 3.63) is 71.3 Å². The van der Waals surface area contributed by atoms with Gasteiger partial charge in [-0.1, -0.05) is 35.9 Å². The second-order valence-electron chi connectivity index (χ2n) is 5.40. The molecule has 0 saturated carbocycles. The zero-order chi connectivity index (χ0) is 14.7. The van der Waals surface area contributed by atoms with E-state index < -0.39 is 0 Å². The van der Waals surface area contributed by atoms with Gasteiger partial charge in [0, 0.05) is 18.1 Å². The van der Waals surface area contributed by atoms with Crippen LogP contribution in [0.4, 0.5) is 0 Å². The van der Waals surface area contributed by atoms with E-state index in [0.717, 1.165) is 24.2 Å². The molecule has 106 valence electrons. The topological polar surface area (TPSA) is 26.3 Å². The quantitative estimate of drug-likeness (QED) is 0.817. The average Bonchev–Trinajstić information content (AvgIpc) is 2.48. The highest BCUT2D eigenvalue weighted by Crippen LogP contribution is 2.27. The van der Waals surface area contributed by atoms with Crippen LogP contribution in [0, 0.1) is 6.92 Å². The van der Waals surface area contributed by atoms with Crippen molar-refractivity contribution in [2.24, 2.45) is 0 Å². The van der Waals surface area contributed by atoms with E-state index in [2.05, 4.69) is 25.1 Å². The van der Waals surface area contributed by atoms with Gasteiger partial charge >= 0.3 is 0 Å². The molecule has 2 aromatic rings. The minimum Gasteiger partial charge on any atom is -0.457 e. The molecule has 0 radical (unpaired) electrons. The molecule has 2 heteroatoms. The minimum absolute atomic E-state index is 0.132. The highest BCUT2D eigenvalue weighted by molar-refractivity contribution is 5.96.